The molecular formula is C34H38N2O3. The van der Waals surface area contributed by atoms with E-state index in [-0.39, 0.29) is 35.2 Å². The summed E-state index contributed by atoms with van der Waals surface area (Å²) in [5.74, 6) is -0.515. The number of Topliss-reactive ketones (excluding diaryl/α,β-unsaturated/α-hetero) is 2. The molecule has 2 aliphatic heterocycles. The van der Waals surface area contributed by atoms with E-state index in [0.717, 1.165) is 43.6 Å². The first-order chi connectivity index (χ1) is 18.9. The van der Waals surface area contributed by atoms with Crippen LogP contribution in [-0.4, -0.2) is 60.0 Å². The smallest absolute Gasteiger partial charge is 0.222 e. The number of nitrogens with zero attached hydrogens (tertiary/aromatic N) is 2. The molecule has 5 rings (SSSR count). The van der Waals surface area contributed by atoms with E-state index in [1.807, 2.05) is 71.6 Å². The molecule has 2 heterocycles. The van der Waals surface area contributed by atoms with Gasteiger partial charge in [0.1, 0.15) is 0 Å². The number of benzene rings is 3. The van der Waals surface area contributed by atoms with Gasteiger partial charge in [0.05, 0.1) is 0 Å². The van der Waals surface area contributed by atoms with E-state index in [0.29, 0.717) is 30.6 Å². The number of amides is 1. The van der Waals surface area contributed by atoms with Gasteiger partial charge in [-0.15, -0.1) is 0 Å². The van der Waals surface area contributed by atoms with Crippen LogP contribution in [0, 0.1) is 25.7 Å². The number of aryl methyl sites for hydroxylation is 1. The minimum Gasteiger partial charge on any atom is -0.343 e. The minimum absolute atomic E-state index is 0.0896. The van der Waals surface area contributed by atoms with Gasteiger partial charge in [0, 0.05) is 61.5 Å². The van der Waals surface area contributed by atoms with Gasteiger partial charge in [-0.2, -0.15) is 0 Å². The SMILES string of the molecule is Cc1cccc(C2[C@@H](C(=O)c3ccccc3)CN(CCCN3CCCC3=O)C[C@H]2C(=O)c2ccccc2)c1C. The molecule has 2 fully saturated rings. The number of likely N-dealkylation sites (tertiary alicyclic amines) is 2. The van der Waals surface area contributed by atoms with Crippen LogP contribution >= 0.6 is 0 Å². The van der Waals surface area contributed by atoms with E-state index in [9.17, 15) is 14.4 Å². The third-order valence-electron chi connectivity index (χ3n) is 8.65. The Morgan fingerprint density at radius 2 is 1.36 bits per heavy atom. The van der Waals surface area contributed by atoms with Gasteiger partial charge in [-0.05, 0) is 49.9 Å². The Kier molecular flexibility index (Phi) is 8.37. The Balaban J connectivity index is 1.51. The molecule has 0 aliphatic carbocycles. The number of hydrogen-bond acceptors (Lipinski definition) is 4. The summed E-state index contributed by atoms with van der Waals surface area (Å²) in [6.45, 7) is 7.70. The fourth-order valence-corrected chi connectivity index (χ4v) is 6.44. The molecule has 2 aliphatic rings. The largest absolute Gasteiger partial charge is 0.343 e. The zero-order chi connectivity index (χ0) is 27.4. The summed E-state index contributed by atoms with van der Waals surface area (Å²) < 4.78 is 0. The second-order valence-electron chi connectivity index (χ2n) is 11.1. The van der Waals surface area contributed by atoms with Crippen molar-refractivity contribution >= 4 is 17.5 Å². The molecule has 39 heavy (non-hydrogen) atoms. The fourth-order valence-electron chi connectivity index (χ4n) is 6.44. The van der Waals surface area contributed by atoms with Gasteiger partial charge in [-0.3, -0.25) is 14.4 Å². The third kappa shape index (κ3) is 5.89. The van der Waals surface area contributed by atoms with Crippen molar-refractivity contribution in [3.63, 3.8) is 0 Å². The quantitative estimate of drug-likeness (QED) is 0.338. The van der Waals surface area contributed by atoms with E-state index in [4.69, 9.17) is 0 Å². The number of carbonyl (C=O) groups is 3. The average Bonchev–Trinajstić information content (AvgIpc) is 3.38. The van der Waals surface area contributed by atoms with Crippen LogP contribution in [0.2, 0.25) is 0 Å². The predicted octanol–water partition coefficient (Wildman–Crippen LogP) is 5.71. The van der Waals surface area contributed by atoms with Gasteiger partial charge >= 0.3 is 0 Å². The molecule has 0 aromatic heterocycles. The Labute approximate surface area is 231 Å². The Morgan fingerprint density at radius 1 is 0.769 bits per heavy atom. The molecule has 202 valence electrons. The molecule has 1 unspecified atom stereocenters. The van der Waals surface area contributed by atoms with Gasteiger partial charge in [-0.1, -0.05) is 78.9 Å². The highest BCUT2D eigenvalue weighted by Crippen LogP contribution is 2.42. The van der Waals surface area contributed by atoms with E-state index < -0.39 is 0 Å². The summed E-state index contributed by atoms with van der Waals surface area (Å²) in [6, 6.07) is 25.2. The molecule has 3 aromatic carbocycles. The average molecular weight is 523 g/mol. The lowest BCUT2D eigenvalue weighted by atomic mass is 9.67. The first-order valence-electron chi connectivity index (χ1n) is 14.2. The second-order valence-corrected chi connectivity index (χ2v) is 11.1. The van der Waals surface area contributed by atoms with Crippen molar-refractivity contribution in [3.05, 3.63) is 107 Å². The maximum absolute atomic E-state index is 14.2. The van der Waals surface area contributed by atoms with Gasteiger partial charge in [0.15, 0.2) is 11.6 Å². The van der Waals surface area contributed by atoms with Crippen LogP contribution in [0.3, 0.4) is 0 Å². The topological polar surface area (TPSA) is 57.7 Å². The standard InChI is InChI=1S/C34H38N2O3/c1-24-12-9-17-28(25(24)2)32-29(33(38)26-13-5-3-6-14-26)22-35(19-11-21-36-20-10-18-31(36)37)23-30(32)34(39)27-15-7-4-8-16-27/h3-9,12-17,29-30,32H,10-11,18-23H2,1-2H3/t29-,30+,32?. The highest BCUT2D eigenvalue weighted by Gasteiger charge is 2.45. The third-order valence-corrected chi connectivity index (χ3v) is 8.65. The van der Waals surface area contributed by atoms with Crippen molar-refractivity contribution in [1.82, 2.24) is 9.80 Å². The summed E-state index contributed by atoms with van der Waals surface area (Å²) >= 11 is 0. The molecule has 0 radical (unpaired) electrons. The predicted molar refractivity (Wildman–Crippen MR) is 154 cm³/mol. The lowest BCUT2D eigenvalue weighted by molar-refractivity contribution is -0.127. The van der Waals surface area contributed by atoms with Crippen molar-refractivity contribution in [2.75, 3.05) is 32.7 Å². The summed E-state index contributed by atoms with van der Waals surface area (Å²) in [6.07, 6.45) is 2.41. The zero-order valence-corrected chi connectivity index (χ0v) is 23.0. The Morgan fingerprint density at radius 3 is 1.90 bits per heavy atom. The van der Waals surface area contributed by atoms with E-state index in [2.05, 4.69) is 30.9 Å². The van der Waals surface area contributed by atoms with E-state index in [1.54, 1.807) is 0 Å². The summed E-state index contributed by atoms with van der Waals surface area (Å²) in [7, 11) is 0. The lowest BCUT2D eigenvalue weighted by Gasteiger charge is -2.44. The molecule has 2 saturated heterocycles. The van der Waals surface area contributed by atoms with Crippen LogP contribution < -0.4 is 0 Å². The fraction of sp³-hybridized carbons (Fsp3) is 0.382. The summed E-state index contributed by atoms with van der Waals surface area (Å²) in [5, 5.41) is 0. The van der Waals surface area contributed by atoms with E-state index in [1.165, 1.54) is 5.56 Å². The number of rotatable bonds is 9. The maximum atomic E-state index is 14.2. The van der Waals surface area contributed by atoms with Crippen molar-refractivity contribution in [1.29, 1.82) is 0 Å². The molecule has 3 atom stereocenters. The molecule has 3 aromatic rings. The monoisotopic (exact) mass is 522 g/mol. The minimum atomic E-state index is -0.354. The van der Waals surface area contributed by atoms with Crippen LogP contribution in [-0.2, 0) is 4.79 Å². The Bertz CT molecular complexity index is 1260. The van der Waals surface area contributed by atoms with Crippen molar-refractivity contribution in [3.8, 4) is 0 Å². The highest BCUT2D eigenvalue weighted by molar-refractivity contribution is 6.02. The number of piperidine rings is 1. The molecule has 0 N–H and O–H groups in total. The molecular weight excluding hydrogens is 484 g/mol. The molecule has 1 amide bonds. The van der Waals surface area contributed by atoms with Crippen LogP contribution in [0.15, 0.2) is 78.9 Å². The second kappa shape index (κ2) is 12.1. The van der Waals surface area contributed by atoms with Gasteiger partial charge in [0.2, 0.25) is 5.91 Å². The first kappa shape index (κ1) is 27.0. The van der Waals surface area contributed by atoms with Gasteiger partial charge in [-0.25, -0.2) is 0 Å². The molecule has 0 bridgehead atoms. The van der Waals surface area contributed by atoms with E-state index >= 15 is 0 Å². The lowest BCUT2D eigenvalue weighted by Crippen LogP contribution is -2.51. The first-order valence-corrected chi connectivity index (χ1v) is 14.2. The molecule has 0 spiro atoms. The number of ketones is 2. The number of hydrogen-bond donors (Lipinski definition) is 0. The Hall–Kier alpha value is -3.57. The van der Waals surface area contributed by atoms with Crippen LogP contribution in [0.5, 0.6) is 0 Å². The van der Waals surface area contributed by atoms with Gasteiger partial charge in [0.25, 0.3) is 0 Å². The van der Waals surface area contributed by atoms with Gasteiger partial charge < -0.3 is 9.80 Å². The maximum Gasteiger partial charge on any atom is 0.222 e. The molecule has 5 nitrogen and oxygen atoms in total. The van der Waals surface area contributed by atoms with Crippen LogP contribution in [0.4, 0.5) is 0 Å². The van der Waals surface area contributed by atoms with Crippen molar-refractivity contribution in [2.24, 2.45) is 11.8 Å². The summed E-state index contributed by atoms with van der Waals surface area (Å²) in [4.78, 5) is 44.7. The normalized spacial score (nSPS) is 21.7. The molecule has 5 heteroatoms. The molecule has 0 saturated carbocycles. The zero-order valence-electron chi connectivity index (χ0n) is 23.0. The highest BCUT2D eigenvalue weighted by atomic mass is 16.2. The van der Waals surface area contributed by atoms with Crippen LogP contribution in [0.25, 0.3) is 0 Å². The van der Waals surface area contributed by atoms with Crippen molar-refractivity contribution < 1.29 is 14.4 Å². The number of carbonyl (C=O) groups excluding carboxylic acids is 3. The summed E-state index contributed by atoms with van der Waals surface area (Å²) in [5.41, 5.74) is 4.80. The van der Waals surface area contributed by atoms with Crippen molar-refractivity contribution in [2.45, 2.75) is 39.0 Å². The van der Waals surface area contributed by atoms with Crippen LogP contribution in [0.1, 0.15) is 62.6 Å².